The number of carbonyl (C=O) groups excluding carboxylic acids is 2. The Kier molecular flexibility index (Phi) is 4.67. The van der Waals surface area contributed by atoms with Crippen LogP contribution in [-0.4, -0.2) is 25.0 Å². The minimum atomic E-state index is -0.345. The van der Waals surface area contributed by atoms with E-state index in [-0.39, 0.29) is 24.2 Å². The molecule has 1 saturated heterocycles. The number of nitrogens with zero attached hydrogens (tertiary/aromatic N) is 1. The molecule has 5 heteroatoms. The topological polar surface area (TPSA) is 46.6 Å². The van der Waals surface area contributed by atoms with Gasteiger partial charge in [-0.2, -0.15) is 0 Å². The summed E-state index contributed by atoms with van der Waals surface area (Å²) >= 11 is 2.30. The number of ether oxygens (including phenoxy) is 1. The lowest BCUT2D eigenvalue weighted by molar-refractivity contribution is -0.147. The standard InChI is InChI=1S/C15H18INO3/c1-4-20-15(19)11-7-13(18)17(8-11)12-5-9(2)14(16)10(3)6-12/h5-6,11H,4,7-8H2,1-3H3. The van der Waals surface area contributed by atoms with Crippen LogP contribution in [0.15, 0.2) is 12.1 Å². The number of hydrogen-bond donors (Lipinski definition) is 0. The second-order valence-electron chi connectivity index (χ2n) is 5.05. The van der Waals surface area contributed by atoms with Gasteiger partial charge < -0.3 is 9.64 Å². The second-order valence-corrected chi connectivity index (χ2v) is 6.13. The molecule has 0 N–H and O–H groups in total. The van der Waals surface area contributed by atoms with E-state index < -0.39 is 0 Å². The van der Waals surface area contributed by atoms with Crippen molar-refractivity contribution in [3.8, 4) is 0 Å². The number of hydrogen-bond acceptors (Lipinski definition) is 3. The maximum atomic E-state index is 12.1. The fourth-order valence-electron chi connectivity index (χ4n) is 2.45. The van der Waals surface area contributed by atoms with E-state index in [1.165, 1.54) is 3.57 Å². The van der Waals surface area contributed by atoms with Crippen molar-refractivity contribution in [2.45, 2.75) is 27.2 Å². The second kappa shape index (κ2) is 6.11. The molecule has 0 spiro atoms. The van der Waals surface area contributed by atoms with Crippen LogP contribution in [0.2, 0.25) is 0 Å². The van der Waals surface area contributed by atoms with Crippen LogP contribution in [0.4, 0.5) is 5.69 Å². The van der Waals surface area contributed by atoms with Gasteiger partial charge in [0.15, 0.2) is 0 Å². The molecule has 1 aliphatic rings. The molecule has 4 nitrogen and oxygen atoms in total. The van der Waals surface area contributed by atoms with Crippen molar-refractivity contribution in [1.82, 2.24) is 0 Å². The Balaban J connectivity index is 2.22. The molecule has 1 fully saturated rings. The fraction of sp³-hybridized carbons (Fsp3) is 0.467. The van der Waals surface area contributed by atoms with Gasteiger partial charge in [0.2, 0.25) is 5.91 Å². The van der Waals surface area contributed by atoms with E-state index in [0.717, 1.165) is 16.8 Å². The summed E-state index contributed by atoms with van der Waals surface area (Å²) in [5, 5.41) is 0. The molecule has 1 heterocycles. The summed E-state index contributed by atoms with van der Waals surface area (Å²) in [6, 6.07) is 4.00. The van der Waals surface area contributed by atoms with Crippen LogP contribution >= 0.6 is 22.6 Å². The molecule has 108 valence electrons. The molecule has 0 aromatic heterocycles. The van der Waals surface area contributed by atoms with Crippen LogP contribution in [-0.2, 0) is 14.3 Å². The van der Waals surface area contributed by atoms with Gasteiger partial charge in [0, 0.05) is 22.2 Å². The summed E-state index contributed by atoms with van der Waals surface area (Å²) in [5.41, 5.74) is 3.16. The maximum absolute atomic E-state index is 12.1. The van der Waals surface area contributed by atoms with E-state index >= 15 is 0 Å². The molecule has 1 aliphatic heterocycles. The van der Waals surface area contributed by atoms with Gasteiger partial charge in [-0.05, 0) is 66.6 Å². The van der Waals surface area contributed by atoms with Gasteiger partial charge >= 0.3 is 5.97 Å². The van der Waals surface area contributed by atoms with Crippen molar-refractivity contribution in [2.24, 2.45) is 5.92 Å². The summed E-state index contributed by atoms with van der Waals surface area (Å²) in [4.78, 5) is 25.6. The molecule has 2 rings (SSSR count). The lowest BCUT2D eigenvalue weighted by Gasteiger charge is -2.18. The molecule has 0 aliphatic carbocycles. The number of aryl methyl sites for hydroxylation is 2. The third kappa shape index (κ3) is 2.97. The van der Waals surface area contributed by atoms with Crippen LogP contribution in [0.5, 0.6) is 0 Å². The van der Waals surface area contributed by atoms with Crippen molar-refractivity contribution in [3.63, 3.8) is 0 Å². The predicted octanol–water partition coefficient (Wildman–Crippen LogP) is 2.82. The van der Waals surface area contributed by atoms with E-state index in [1.807, 2.05) is 26.0 Å². The number of esters is 1. The van der Waals surface area contributed by atoms with Gasteiger partial charge in [0.25, 0.3) is 0 Å². The molecule has 1 aromatic carbocycles. The summed E-state index contributed by atoms with van der Waals surface area (Å²) in [5.74, 6) is -0.632. The molecular formula is C15H18INO3. The van der Waals surface area contributed by atoms with E-state index in [1.54, 1.807) is 11.8 Å². The molecule has 1 unspecified atom stereocenters. The number of anilines is 1. The lowest BCUT2D eigenvalue weighted by Crippen LogP contribution is -2.26. The Morgan fingerprint density at radius 2 is 2.00 bits per heavy atom. The van der Waals surface area contributed by atoms with Crippen molar-refractivity contribution in [3.05, 3.63) is 26.8 Å². The van der Waals surface area contributed by atoms with Gasteiger partial charge in [-0.25, -0.2) is 0 Å². The number of benzene rings is 1. The Morgan fingerprint density at radius 1 is 1.40 bits per heavy atom. The molecule has 0 radical (unpaired) electrons. The summed E-state index contributed by atoms with van der Waals surface area (Å²) in [6.07, 6.45) is 0.239. The summed E-state index contributed by atoms with van der Waals surface area (Å²) in [7, 11) is 0. The maximum Gasteiger partial charge on any atom is 0.311 e. The van der Waals surface area contributed by atoms with Crippen molar-refractivity contribution >= 4 is 40.2 Å². The highest BCUT2D eigenvalue weighted by Crippen LogP contribution is 2.29. The number of halogens is 1. The summed E-state index contributed by atoms with van der Waals surface area (Å²) < 4.78 is 6.21. The zero-order valence-electron chi connectivity index (χ0n) is 11.9. The Bertz CT molecular complexity index is 533. The van der Waals surface area contributed by atoms with E-state index in [0.29, 0.717) is 13.2 Å². The zero-order valence-corrected chi connectivity index (χ0v) is 14.1. The monoisotopic (exact) mass is 387 g/mol. The number of rotatable bonds is 3. The average molecular weight is 387 g/mol. The number of amides is 1. The van der Waals surface area contributed by atoms with Crippen LogP contribution in [0.1, 0.15) is 24.5 Å². The number of carbonyl (C=O) groups is 2. The first-order chi connectivity index (χ1) is 9.43. The predicted molar refractivity (Wildman–Crippen MR) is 85.7 cm³/mol. The lowest BCUT2D eigenvalue weighted by atomic mass is 10.1. The first-order valence-electron chi connectivity index (χ1n) is 6.67. The van der Waals surface area contributed by atoms with Gasteiger partial charge in [0.1, 0.15) is 0 Å². The fourth-order valence-corrected chi connectivity index (χ4v) is 2.77. The quantitative estimate of drug-likeness (QED) is 0.592. The minimum absolute atomic E-state index is 0.0111. The molecule has 0 saturated carbocycles. The minimum Gasteiger partial charge on any atom is -0.466 e. The Hall–Kier alpha value is -1.11. The first kappa shape index (κ1) is 15.3. The van der Waals surface area contributed by atoms with E-state index in [4.69, 9.17) is 4.74 Å². The van der Waals surface area contributed by atoms with Crippen LogP contribution in [0.25, 0.3) is 0 Å². The van der Waals surface area contributed by atoms with Crippen molar-refractivity contribution in [1.29, 1.82) is 0 Å². The van der Waals surface area contributed by atoms with Gasteiger partial charge in [-0.3, -0.25) is 9.59 Å². The molecule has 1 atom stereocenters. The smallest absolute Gasteiger partial charge is 0.311 e. The van der Waals surface area contributed by atoms with Crippen molar-refractivity contribution in [2.75, 3.05) is 18.1 Å². The zero-order chi connectivity index (χ0) is 14.9. The molecular weight excluding hydrogens is 369 g/mol. The largest absolute Gasteiger partial charge is 0.466 e. The van der Waals surface area contributed by atoms with E-state index in [9.17, 15) is 9.59 Å². The summed E-state index contributed by atoms with van der Waals surface area (Å²) in [6.45, 7) is 6.60. The van der Waals surface area contributed by atoms with Gasteiger partial charge in [-0.15, -0.1) is 0 Å². The normalized spacial score (nSPS) is 18.5. The Labute approximate surface area is 132 Å². The van der Waals surface area contributed by atoms with Gasteiger partial charge in [-0.1, -0.05) is 0 Å². The highest BCUT2D eigenvalue weighted by molar-refractivity contribution is 14.1. The first-order valence-corrected chi connectivity index (χ1v) is 7.75. The molecule has 1 amide bonds. The molecule has 1 aromatic rings. The van der Waals surface area contributed by atoms with Crippen LogP contribution in [0.3, 0.4) is 0 Å². The van der Waals surface area contributed by atoms with Gasteiger partial charge in [0.05, 0.1) is 12.5 Å². The SMILES string of the molecule is CCOC(=O)C1CC(=O)N(c2cc(C)c(I)c(C)c2)C1. The highest BCUT2D eigenvalue weighted by Gasteiger charge is 2.36. The molecule has 0 bridgehead atoms. The third-order valence-corrected chi connectivity index (χ3v) is 5.18. The van der Waals surface area contributed by atoms with Crippen LogP contribution in [0, 0.1) is 23.3 Å². The third-order valence-electron chi connectivity index (χ3n) is 3.48. The Morgan fingerprint density at radius 3 is 2.55 bits per heavy atom. The average Bonchev–Trinajstić information content (AvgIpc) is 2.78. The van der Waals surface area contributed by atoms with Crippen molar-refractivity contribution < 1.29 is 14.3 Å². The van der Waals surface area contributed by atoms with E-state index in [2.05, 4.69) is 22.6 Å². The highest BCUT2D eigenvalue weighted by atomic mass is 127. The van der Waals surface area contributed by atoms with Crippen LogP contribution < -0.4 is 4.90 Å². The molecule has 20 heavy (non-hydrogen) atoms.